The van der Waals surface area contributed by atoms with E-state index in [1.54, 1.807) is 0 Å². The van der Waals surface area contributed by atoms with Gasteiger partial charge in [0, 0.05) is 5.56 Å². The number of epoxide rings is 1. The van der Waals surface area contributed by atoms with Crippen molar-refractivity contribution in [1.82, 2.24) is 0 Å². The molecule has 2 atom stereocenters. The fourth-order valence-corrected chi connectivity index (χ4v) is 2.95. The first kappa shape index (κ1) is 11.0. The van der Waals surface area contributed by atoms with Crippen LogP contribution in [-0.4, -0.2) is 17.5 Å². The van der Waals surface area contributed by atoms with E-state index < -0.39 is 5.60 Å². The lowest BCUT2D eigenvalue weighted by Crippen LogP contribution is -2.28. The Kier molecular flexibility index (Phi) is 2.75. The summed E-state index contributed by atoms with van der Waals surface area (Å²) in [7, 11) is 0. The standard InChI is InChI=1S/C15H18O2/c16-14(12-8-4-3-5-9-12)15-11-7-2-1-6-10-13(15)17-15/h3-5,8-9,13H,1-2,6-7,10-11H2/t13-,15+/m0/s1. The number of ketones is 1. The first-order valence-corrected chi connectivity index (χ1v) is 6.61. The maximum absolute atomic E-state index is 12.5. The number of carbonyl (C=O) groups excluding carboxylic acids is 1. The molecule has 0 radical (unpaired) electrons. The molecule has 2 heteroatoms. The topological polar surface area (TPSA) is 29.6 Å². The molecule has 2 aliphatic rings. The van der Waals surface area contributed by atoms with Gasteiger partial charge in [-0.1, -0.05) is 49.6 Å². The number of benzene rings is 1. The molecule has 0 bridgehead atoms. The molecule has 0 amide bonds. The first-order valence-electron chi connectivity index (χ1n) is 6.61. The Morgan fingerprint density at radius 2 is 1.88 bits per heavy atom. The Balaban J connectivity index is 1.81. The van der Waals surface area contributed by atoms with Crippen LogP contribution in [0.25, 0.3) is 0 Å². The summed E-state index contributed by atoms with van der Waals surface area (Å²) < 4.78 is 5.79. The predicted molar refractivity (Wildman–Crippen MR) is 66.1 cm³/mol. The van der Waals surface area contributed by atoms with Crippen molar-refractivity contribution in [3.8, 4) is 0 Å². The van der Waals surface area contributed by atoms with Gasteiger partial charge in [0.25, 0.3) is 0 Å². The molecule has 1 aromatic carbocycles. The zero-order chi connectivity index (χ0) is 11.7. The van der Waals surface area contributed by atoms with E-state index in [1.165, 1.54) is 19.3 Å². The lowest BCUT2D eigenvalue weighted by atomic mass is 9.85. The van der Waals surface area contributed by atoms with Crippen molar-refractivity contribution >= 4 is 5.78 Å². The van der Waals surface area contributed by atoms with E-state index in [-0.39, 0.29) is 11.9 Å². The van der Waals surface area contributed by atoms with Gasteiger partial charge < -0.3 is 4.74 Å². The maximum atomic E-state index is 12.5. The molecule has 1 heterocycles. The van der Waals surface area contributed by atoms with Gasteiger partial charge in [0.1, 0.15) is 0 Å². The summed E-state index contributed by atoms with van der Waals surface area (Å²) in [6, 6.07) is 9.58. The molecule has 1 saturated carbocycles. The maximum Gasteiger partial charge on any atom is 0.197 e. The monoisotopic (exact) mass is 230 g/mol. The molecule has 17 heavy (non-hydrogen) atoms. The van der Waals surface area contributed by atoms with Crippen molar-refractivity contribution in [2.45, 2.75) is 50.2 Å². The third-order valence-electron chi connectivity index (χ3n) is 4.00. The summed E-state index contributed by atoms with van der Waals surface area (Å²) in [6.07, 6.45) is 7.00. The van der Waals surface area contributed by atoms with Crippen LogP contribution < -0.4 is 0 Å². The Labute approximate surface area is 102 Å². The van der Waals surface area contributed by atoms with Crippen molar-refractivity contribution in [3.63, 3.8) is 0 Å². The van der Waals surface area contributed by atoms with Crippen molar-refractivity contribution in [2.75, 3.05) is 0 Å². The van der Waals surface area contributed by atoms with Crippen LogP contribution in [0.1, 0.15) is 48.9 Å². The summed E-state index contributed by atoms with van der Waals surface area (Å²) >= 11 is 0. The van der Waals surface area contributed by atoms with E-state index in [4.69, 9.17) is 4.74 Å². The highest BCUT2D eigenvalue weighted by Crippen LogP contribution is 2.47. The first-order chi connectivity index (χ1) is 8.33. The third kappa shape index (κ3) is 1.91. The molecule has 2 nitrogen and oxygen atoms in total. The second kappa shape index (κ2) is 4.26. The number of hydrogen-bond donors (Lipinski definition) is 0. The largest absolute Gasteiger partial charge is 0.357 e. The van der Waals surface area contributed by atoms with Gasteiger partial charge in [0.2, 0.25) is 0 Å². The molecular formula is C15H18O2. The minimum atomic E-state index is -0.457. The van der Waals surface area contributed by atoms with Crippen LogP contribution in [-0.2, 0) is 4.74 Å². The predicted octanol–water partition coefficient (Wildman–Crippen LogP) is 3.36. The molecule has 0 N–H and O–H groups in total. The van der Waals surface area contributed by atoms with Crippen LogP contribution in [0.5, 0.6) is 0 Å². The second-order valence-corrected chi connectivity index (χ2v) is 5.14. The zero-order valence-corrected chi connectivity index (χ0v) is 10.0. The summed E-state index contributed by atoms with van der Waals surface area (Å²) in [4.78, 5) is 12.5. The highest BCUT2D eigenvalue weighted by Gasteiger charge is 2.60. The lowest BCUT2D eigenvalue weighted by Gasteiger charge is -2.14. The van der Waals surface area contributed by atoms with Crippen LogP contribution in [0.4, 0.5) is 0 Å². The Morgan fingerprint density at radius 3 is 2.71 bits per heavy atom. The van der Waals surface area contributed by atoms with Gasteiger partial charge in [0.15, 0.2) is 11.4 Å². The molecule has 90 valence electrons. The van der Waals surface area contributed by atoms with E-state index >= 15 is 0 Å². The van der Waals surface area contributed by atoms with Gasteiger partial charge in [-0.2, -0.15) is 0 Å². The van der Waals surface area contributed by atoms with Gasteiger partial charge in [-0.25, -0.2) is 0 Å². The lowest BCUT2D eigenvalue weighted by molar-refractivity contribution is 0.0860. The smallest absolute Gasteiger partial charge is 0.197 e. The van der Waals surface area contributed by atoms with Crippen LogP contribution in [0.3, 0.4) is 0 Å². The molecule has 0 unspecified atom stereocenters. The highest BCUT2D eigenvalue weighted by atomic mass is 16.6. The Morgan fingerprint density at radius 1 is 1.12 bits per heavy atom. The molecule has 3 rings (SSSR count). The van der Waals surface area contributed by atoms with Crippen LogP contribution in [0.15, 0.2) is 30.3 Å². The Hall–Kier alpha value is -1.15. The average molecular weight is 230 g/mol. The summed E-state index contributed by atoms with van der Waals surface area (Å²) in [5.41, 5.74) is 0.345. The van der Waals surface area contributed by atoms with Gasteiger partial charge in [-0.3, -0.25) is 4.79 Å². The van der Waals surface area contributed by atoms with Crippen molar-refractivity contribution in [2.24, 2.45) is 0 Å². The van der Waals surface area contributed by atoms with Gasteiger partial charge >= 0.3 is 0 Å². The summed E-state index contributed by atoms with van der Waals surface area (Å²) in [6.45, 7) is 0. The fraction of sp³-hybridized carbons (Fsp3) is 0.533. The second-order valence-electron chi connectivity index (χ2n) is 5.14. The Bertz CT molecular complexity index is 412. The summed E-state index contributed by atoms with van der Waals surface area (Å²) in [5.74, 6) is 0.199. The van der Waals surface area contributed by atoms with E-state index in [0.29, 0.717) is 0 Å². The van der Waals surface area contributed by atoms with Crippen LogP contribution in [0, 0.1) is 0 Å². The molecule has 2 fully saturated rings. The number of fused-ring (bicyclic) bond motifs is 1. The molecule has 0 aromatic heterocycles. The minimum Gasteiger partial charge on any atom is -0.357 e. The van der Waals surface area contributed by atoms with Crippen molar-refractivity contribution < 1.29 is 9.53 Å². The van der Waals surface area contributed by atoms with E-state index in [0.717, 1.165) is 24.8 Å². The van der Waals surface area contributed by atoms with Crippen LogP contribution in [0.2, 0.25) is 0 Å². The highest BCUT2D eigenvalue weighted by molar-refractivity contribution is 6.04. The van der Waals surface area contributed by atoms with Gasteiger partial charge in [-0.15, -0.1) is 0 Å². The molecule has 0 spiro atoms. The number of Topliss-reactive ketones (excluding diaryl/α,β-unsaturated/α-hetero) is 1. The number of hydrogen-bond acceptors (Lipinski definition) is 2. The number of ether oxygens (including phenoxy) is 1. The summed E-state index contributed by atoms with van der Waals surface area (Å²) in [5, 5.41) is 0. The fourth-order valence-electron chi connectivity index (χ4n) is 2.95. The van der Waals surface area contributed by atoms with E-state index in [9.17, 15) is 4.79 Å². The van der Waals surface area contributed by atoms with Crippen molar-refractivity contribution in [1.29, 1.82) is 0 Å². The molecular weight excluding hydrogens is 212 g/mol. The average Bonchev–Trinajstić information content (AvgIpc) is 3.03. The SMILES string of the molecule is O=C(c1ccccc1)[C@@]12CCCCCC[C@@H]1O2. The number of carbonyl (C=O) groups is 1. The molecule has 1 aromatic rings. The normalized spacial score (nSPS) is 32.1. The third-order valence-corrected chi connectivity index (χ3v) is 4.00. The van der Waals surface area contributed by atoms with E-state index in [2.05, 4.69) is 0 Å². The molecule has 1 saturated heterocycles. The zero-order valence-electron chi connectivity index (χ0n) is 10.0. The van der Waals surface area contributed by atoms with Gasteiger partial charge in [0.05, 0.1) is 6.10 Å². The number of rotatable bonds is 2. The molecule has 1 aliphatic carbocycles. The quantitative estimate of drug-likeness (QED) is 0.576. The minimum absolute atomic E-state index is 0.190. The van der Waals surface area contributed by atoms with E-state index in [1.807, 2.05) is 30.3 Å². The van der Waals surface area contributed by atoms with Crippen molar-refractivity contribution in [3.05, 3.63) is 35.9 Å². The van der Waals surface area contributed by atoms with Crippen LogP contribution >= 0.6 is 0 Å². The molecule has 1 aliphatic heterocycles. The van der Waals surface area contributed by atoms with Gasteiger partial charge in [-0.05, 0) is 19.3 Å².